The highest BCUT2D eigenvalue weighted by molar-refractivity contribution is 8.12. The summed E-state index contributed by atoms with van der Waals surface area (Å²) in [6.45, 7) is 3.36. The standard InChI is InChI=1S/C18H35NS/c1-2-3-4-5-6-7-8-9-10-11-12-13-14-15-18-16-19-17-20-18/h17-18H,2-16H2,1H3. The zero-order chi connectivity index (χ0) is 14.3. The van der Waals surface area contributed by atoms with Gasteiger partial charge in [-0.15, -0.1) is 11.8 Å². The molecule has 0 bridgehead atoms. The van der Waals surface area contributed by atoms with Crippen molar-refractivity contribution in [3.05, 3.63) is 0 Å². The summed E-state index contributed by atoms with van der Waals surface area (Å²) >= 11 is 1.93. The summed E-state index contributed by atoms with van der Waals surface area (Å²) in [7, 11) is 0. The molecule has 1 unspecified atom stereocenters. The summed E-state index contributed by atoms with van der Waals surface area (Å²) in [4.78, 5) is 4.28. The molecule has 0 spiro atoms. The Bertz CT molecular complexity index is 219. The maximum Gasteiger partial charge on any atom is 0.0544 e. The lowest BCUT2D eigenvalue weighted by molar-refractivity contribution is 0.534. The van der Waals surface area contributed by atoms with Gasteiger partial charge in [0.15, 0.2) is 0 Å². The van der Waals surface area contributed by atoms with Crippen LogP contribution in [0.25, 0.3) is 0 Å². The van der Waals surface area contributed by atoms with Crippen LogP contribution >= 0.6 is 11.8 Å². The third-order valence-electron chi connectivity index (χ3n) is 4.27. The molecule has 1 aliphatic rings. The van der Waals surface area contributed by atoms with Crippen molar-refractivity contribution in [2.45, 2.75) is 102 Å². The maximum atomic E-state index is 4.28. The molecule has 0 aliphatic carbocycles. The molecule has 1 atom stereocenters. The molecule has 1 heterocycles. The van der Waals surface area contributed by atoms with Gasteiger partial charge in [-0.25, -0.2) is 0 Å². The number of nitrogens with zero attached hydrogens (tertiary/aromatic N) is 1. The van der Waals surface area contributed by atoms with Gasteiger partial charge in [-0.2, -0.15) is 0 Å². The van der Waals surface area contributed by atoms with E-state index in [1.807, 2.05) is 17.3 Å². The summed E-state index contributed by atoms with van der Waals surface area (Å²) in [5, 5.41) is 0.808. The Morgan fingerprint density at radius 2 is 1.30 bits per heavy atom. The molecule has 0 aromatic rings. The van der Waals surface area contributed by atoms with Gasteiger partial charge < -0.3 is 0 Å². The molecule has 0 radical (unpaired) electrons. The van der Waals surface area contributed by atoms with Gasteiger partial charge in [0, 0.05) is 5.25 Å². The first kappa shape index (κ1) is 18.1. The van der Waals surface area contributed by atoms with Crippen molar-refractivity contribution >= 4 is 17.3 Å². The molecule has 118 valence electrons. The van der Waals surface area contributed by atoms with Gasteiger partial charge in [0.1, 0.15) is 0 Å². The van der Waals surface area contributed by atoms with Crippen molar-refractivity contribution in [2.24, 2.45) is 4.99 Å². The minimum Gasteiger partial charge on any atom is -0.285 e. The normalized spacial score (nSPS) is 17.9. The number of hydrogen-bond donors (Lipinski definition) is 0. The highest BCUT2D eigenvalue weighted by Gasteiger charge is 2.10. The Morgan fingerprint density at radius 1 is 0.800 bits per heavy atom. The van der Waals surface area contributed by atoms with Crippen molar-refractivity contribution in [2.75, 3.05) is 6.54 Å². The molecule has 0 fully saturated rings. The minimum absolute atomic E-state index is 0.808. The zero-order valence-electron chi connectivity index (χ0n) is 13.6. The zero-order valence-corrected chi connectivity index (χ0v) is 14.4. The molecule has 0 N–H and O–H groups in total. The first-order valence-electron chi connectivity index (χ1n) is 9.07. The first-order valence-corrected chi connectivity index (χ1v) is 10.0. The quantitative estimate of drug-likeness (QED) is 0.328. The second-order valence-electron chi connectivity index (χ2n) is 6.26. The average Bonchev–Trinajstić information content (AvgIpc) is 2.97. The van der Waals surface area contributed by atoms with Crippen LogP contribution in [0.2, 0.25) is 0 Å². The van der Waals surface area contributed by atoms with Crippen molar-refractivity contribution in [3.8, 4) is 0 Å². The number of hydrogen-bond acceptors (Lipinski definition) is 2. The van der Waals surface area contributed by atoms with Gasteiger partial charge in [-0.1, -0.05) is 90.4 Å². The van der Waals surface area contributed by atoms with Crippen LogP contribution in [0.5, 0.6) is 0 Å². The summed E-state index contributed by atoms with van der Waals surface area (Å²) in [5.74, 6) is 0. The van der Waals surface area contributed by atoms with Gasteiger partial charge in [0.2, 0.25) is 0 Å². The predicted octanol–water partition coefficient (Wildman–Crippen LogP) is 6.61. The van der Waals surface area contributed by atoms with E-state index in [-0.39, 0.29) is 0 Å². The van der Waals surface area contributed by atoms with Gasteiger partial charge in [-0.05, 0) is 6.42 Å². The summed E-state index contributed by atoms with van der Waals surface area (Å²) < 4.78 is 0. The van der Waals surface area contributed by atoms with E-state index in [1.54, 1.807) is 0 Å². The molecule has 0 aromatic carbocycles. The fraction of sp³-hybridized carbons (Fsp3) is 0.944. The number of unbranched alkanes of at least 4 members (excludes halogenated alkanes) is 12. The molecule has 1 nitrogen and oxygen atoms in total. The third-order valence-corrected chi connectivity index (χ3v) is 5.31. The van der Waals surface area contributed by atoms with Gasteiger partial charge >= 0.3 is 0 Å². The van der Waals surface area contributed by atoms with Crippen LogP contribution in [0, 0.1) is 0 Å². The topological polar surface area (TPSA) is 12.4 Å². The average molecular weight is 298 g/mol. The van der Waals surface area contributed by atoms with E-state index >= 15 is 0 Å². The Labute approximate surface area is 131 Å². The molecular weight excluding hydrogens is 262 g/mol. The fourth-order valence-corrected chi connectivity index (χ4v) is 3.70. The lowest BCUT2D eigenvalue weighted by Gasteiger charge is -2.06. The largest absolute Gasteiger partial charge is 0.285 e. The molecule has 0 amide bonds. The number of aliphatic imine (C=N–C) groups is 1. The van der Waals surface area contributed by atoms with E-state index in [0.717, 1.165) is 11.8 Å². The van der Waals surface area contributed by atoms with Crippen LogP contribution < -0.4 is 0 Å². The lowest BCUT2D eigenvalue weighted by Crippen LogP contribution is -2.01. The van der Waals surface area contributed by atoms with Gasteiger partial charge in [0.05, 0.1) is 12.1 Å². The SMILES string of the molecule is CCCCCCCCCCCCCCCC1CN=CS1. The molecule has 20 heavy (non-hydrogen) atoms. The Kier molecular flexibility index (Phi) is 12.6. The highest BCUT2D eigenvalue weighted by atomic mass is 32.2. The van der Waals surface area contributed by atoms with Crippen LogP contribution in [-0.4, -0.2) is 17.3 Å². The Hall–Kier alpha value is 0.0200. The predicted molar refractivity (Wildman–Crippen MR) is 95.1 cm³/mol. The number of thioether (sulfide) groups is 1. The molecule has 1 aliphatic heterocycles. The van der Waals surface area contributed by atoms with E-state index < -0.39 is 0 Å². The Morgan fingerprint density at radius 3 is 1.75 bits per heavy atom. The summed E-state index contributed by atoms with van der Waals surface area (Å²) in [6.07, 6.45) is 20.2. The maximum absolute atomic E-state index is 4.28. The van der Waals surface area contributed by atoms with Gasteiger partial charge in [0.25, 0.3) is 0 Å². The summed E-state index contributed by atoms with van der Waals surface area (Å²) in [5.41, 5.74) is 2.03. The van der Waals surface area contributed by atoms with Crippen molar-refractivity contribution in [1.82, 2.24) is 0 Å². The minimum atomic E-state index is 0.808. The number of rotatable bonds is 14. The van der Waals surface area contributed by atoms with E-state index in [2.05, 4.69) is 11.9 Å². The molecule has 1 rings (SSSR count). The van der Waals surface area contributed by atoms with Crippen LogP contribution in [0.1, 0.15) is 96.8 Å². The van der Waals surface area contributed by atoms with Crippen LogP contribution in [0.4, 0.5) is 0 Å². The third kappa shape index (κ3) is 10.8. The van der Waals surface area contributed by atoms with Gasteiger partial charge in [-0.3, -0.25) is 4.99 Å². The Balaban J connectivity index is 1.66. The van der Waals surface area contributed by atoms with Crippen molar-refractivity contribution in [1.29, 1.82) is 0 Å². The van der Waals surface area contributed by atoms with E-state index in [0.29, 0.717) is 0 Å². The van der Waals surface area contributed by atoms with Crippen LogP contribution in [-0.2, 0) is 0 Å². The van der Waals surface area contributed by atoms with E-state index in [1.165, 1.54) is 89.9 Å². The fourth-order valence-electron chi connectivity index (χ4n) is 2.88. The molecule has 2 heteroatoms. The van der Waals surface area contributed by atoms with Crippen LogP contribution in [0.15, 0.2) is 4.99 Å². The first-order chi connectivity index (χ1) is 9.93. The van der Waals surface area contributed by atoms with Crippen molar-refractivity contribution in [3.63, 3.8) is 0 Å². The smallest absolute Gasteiger partial charge is 0.0544 e. The molecule has 0 aromatic heterocycles. The highest BCUT2D eigenvalue weighted by Crippen LogP contribution is 2.21. The van der Waals surface area contributed by atoms with Crippen molar-refractivity contribution < 1.29 is 0 Å². The molecular formula is C18H35NS. The second kappa shape index (κ2) is 14.0. The molecule has 0 saturated carbocycles. The van der Waals surface area contributed by atoms with Crippen LogP contribution in [0.3, 0.4) is 0 Å². The van der Waals surface area contributed by atoms with E-state index in [9.17, 15) is 0 Å². The lowest BCUT2D eigenvalue weighted by atomic mass is 10.0. The molecule has 0 saturated heterocycles. The summed E-state index contributed by atoms with van der Waals surface area (Å²) in [6, 6.07) is 0. The monoisotopic (exact) mass is 297 g/mol. The van der Waals surface area contributed by atoms with E-state index in [4.69, 9.17) is 0 Å². The second-order valence-corrected chi connectivity index (χ2v) is 7.41.